The Balaban J connectivity index is 1.58. The van der Waals surface area contributed by atoms with E-state index >= 15 is 0 Å². The minimum atomic E-state index is -3.06. The number of fused-ring (bicyclic) bond motifs is 1. The van der Waals surface area contributed by atoms with Crippen LogP contribution in [0.3, 0.4) is 0 Å². The fourth-order valence-corrected chi connectivity index (χ4v) is 4.08. The van der Waals surface area contributed by atoms with Crippen molar-refractivity contribution in [3.63, 3.8) is 0 Å². The Bertz CT molecular complexity index is 1380. The molecule has 34 heavy (non-hydrogen) atoms. The summed E-state index contributed by atoms with van der Waals surface area (Å²) in [6.45, 7) is -3.06. The zero-order valence-electron chi connectivity index (χ0n) is 17.5. The summed E-state index contributed by atoms with van der Waals surface area (Å²) >= 11 is 6.14. The average molecular weight is 489 g/mol. The van der Waals surface area contributed by atoms with Crippen LogP contribution in [-0.2, 0) is 0 Å². The van der Waals surface area contributed by atoms with Gasteiger partial charge < -0.3 is 21.5 Å². The van der Waals surface area contributed by atoms with Gasteiger partial charge in [-0.15, -0.1) is 5.10 Å². The SMILES string of the molecule is Nc1nn2cccnc2c1C(=O)Nc1cn([C@H]2C[C@@H](N)C2)nc1-c1cc(Cl)ccc1OC(F)F. The van der Waals surface area contributed by atoms with E-state index < -0.39 is 12.5 Å². The summed E-state index contributed by atoms with van der Waals surface area (Å²) in [6.07, 6.45) is 6.12. The van der Waals surface area contributed by atoms with Crippen LogP contribution < -0.4 is 21.5 Å². The van der Waals surface area contributed by atoms with Crippen LogP contribution in [0.4, 0.5) is 20.3 Å². The van der Waals surface area contributed by atoms with Gasteiger partial charge in [-0.3, -0.25) is 9.48 Å². The third-order valence-electron chi connectivity index (χ3n) is 5.57. The van der Waals surface area contributed by atoms with Crippen LogP contribution in [0.2, 0.25) is 5.02 Å². The van der Waals surface area contributed by atoms with E-state index in [2.05, 4.69) is 25.2 Å². The van der Waals surface area contributed by atoms with Gasteiger partial charge >= 0.3 is 6.61 Å². The zero-order chi connectivity index (χ0) is 24.0. The molecule has 0 spiro atoms. The number of halogens is 3. The Hall–Kier alpha value is -3.77. The van der Waals surface area contributed by atoms with Crippen LogP contribution in [0.15, 0.2) is 42.9 Å². The molecule has 0 aliphatic heterocycles. The van der Waals surface area contributed by atoms with Crippen LogP contribution in [0.5, 0.6) is 5.75 Å². The third kappa shape index (κ3) is 4.01. The summed E-state index contributed by atoms with van der Waals surface area (Å²) in [5.41, 5.74) is 12.9. The highest BCUT2D eigenvalue weighted by atomic mass is 35.5. The molecule has 0 bridgehead atoms. The van der Waals surface area contributed by atoms with E-state index in [-0.39, 0.29) is 56.8 Å². The van der Waals surface area contributed by atoms with E-state index in [9.17, 15) is 13.6 Å². The molecule has 5 N–H and O–H groups in total. The number of hydrogen-bond acceptors (Lipinski definition) is 7. The quantitative estimate of drug-likeness (QED) is 0.378. The standard InChI is InChI=1S/C21H19ClF2N8O2/c22-10-2-3-15(34-21(23)24)13(6-10)17-14(9-32(29-17)12-7-11(25)8-12)28-20(33)16-18(26)30-31-5-1-4-27-19(16)31/h1-6,9,11-12,21H,7-8,25H2,(H2,26,30)(H,28,33)/t11-,12+. The van der Waals surface area contributed by atoms with Crippen LogP contribution in [-0.4, -0.2) is 42.9 Å². The number of nitrogens with one attached hydrogen (secondary N) is 1. The normalized spacial score (nSPS) is 17.7. The highest BCUT2D eigenvalue weighted by molar-refractivity contribution is 6.31. The number of carbonyl (C=O) groups is 1. The molecule has 1 fully saturated rings. The summed E-state index contributed by atoms with van der Waals surface area (Å²) in [4.78, 5) is 17.4. The van der Waals surface area contributed by atoms with Gasteiger partial charge in [0.15, 0.2) is 11.5 Å². The van der Waals surface area contributed by atoms with Crippen molar-refractivity contribution in [3.8, 4) is 17.0 Å². The second-order valence-electron chi connectivity index (χ2n) is 7.88. The number of aromatic nitrogens is 5. The molecule has 10 nitrogen and oxygen atoms in total. The first-order valence-electron chi connectivity index (χ1n) is 10.3. The lowest BCUT2D eigenvalue weighted by molar-refractivity contribution is -0.0494. The Morgan fingerprint density at radius 3 is 2.82 bits per heavy atom. The van der Waals surface area contributed by atoms with Crippen molar-refractivity contribution in [1.82, 2.24) is 24.4 Å². The lowest BCUT2D eigenvalue weighted by Crippen LogP contribution is -2.37. The Labute approximate surface area is 196 Å². The maximum atomic E-state index is 13.2. The van der Waals surface area contributed by atoms with Crippen molar-refractivity contribution < 1.29 is 18.3 Å². The molecule has 3 heterocycles. The number of nitrogens with two attached hydrogens (primary N) is 2. The number of alkyl halides is 2. The summed E-state index contributed by atoms with van der Waals surface area (Å²) in [6, 6.07) is 5.89. The molecule has 1 amide bonds. The van der Waals surface area contributed by atoms with Gasteiger partial charge in [0.25, 0.3) is 5.91 Å². The van der Waals surface area contributed by atoms with E-state index in [4.69, 9.17) is 23.1 Å². The van der Waals surface area contributed by atoms with Gasteiger partial charge in [-0.05, 0) is 37.1 Å². The van der Waals surface area contributed by atoms with E-state index in [1.807, 2.05) is 0 Å². The predicted molar refractivity (Wildman–Crippen MR) is 121 cm³/mol. The number of ether oxygens (including phenoxy) is 1. The molecule has 4 aromatic rings. The van der Waals surface area contributed by atoms with Crippen molar-refractivity contribution in [2.45, 2.75) is 31.5 Å². The molecule has 3 aromatic heterocycles. The first kappa shape index (κ1) is 22.0. The Morgan fingerprint density at radius 1 is 1.29 bits per heavy atom. The summed E-state index contributed by atoms with van der Waals surface area (Å²) in [5.74, 6) is -0.738. The number of amides is 1. The van der Waals surface area contributed by atoms with Crippen LogP contribution in [0.1, 0.15) is 29.2 Å². The largest absolute Gasteiger partial charge is 0.434 e. The minimum Gasteiger partial charge on any atom is -0.434 e. The molecule has 1 aliphatic carbocycles. The topological polar surface area (TPSA) is 138 Å². The number of benzene rings is 1. The maximum Gasteiger partial charge on any atom is 0.387 e. The molecule has 13 heteroatoms. The average Bonchev–Trinajstić information content (AvgIpc) is 3.32. The molecule has 1 aliphatic rings. The molecule has 0 atom stereocenters. The molecular formula is C21H19ClF2N8O2. The zero-order valence-corrected chi connectivity index (χ0v) is 18.3. The highest BCUT2D eigenvalue weighted by Crippen LogP contribution is 2.39. The van der Waals surface area contributed by atoms with Gasteiger partial charge in [-0.25, -0.2) is 9.50 Å². The number of nitrogens with zero attached hydrogens (tertiary/aromatic N) is 5. The van der Waals surface area contributed by atoms with Crippen molar-refractivity contribution in [3.05, 3.63) is 53.4 Å². The Kier molecular flexibility index (Phi) is 5.54. The molecule has 176 valence electrons. The van der Waals surface area contributed by atoms with E-state index in [1.165, 1.54) is 28.9 Å². The van der Waals surface area contributed by atoms with Gasteiger partial charge in [0.2, 0.25) is 0 Å². The number of nitrogen functional groups attached to an aromatic ring is 1. The minimum absolute atomic E-state index is 0.00164. The van der Waals surface area contributed by atoms with E-state index in [0.717, 1.165) is 0 Å². The fourth-order valence-electron chi connectivity index (χ4n) is 3.91. The molecular weight excluding hydrogens is 470 g/mol. The second kappa shape index (κ2) is 8.54. The second-order valence-corrected chi connectivity index (χ2v) is 8.31. The number of rotatable bonds is 6. The first-order chi connectivity index (χ1) is 16.3. The number of anilines is 2. The summed E-state index contributed by atoms with van der Waals surface area (Å²) < 4.78 is 33.8. The van der Waals surface area contributed by atoms with Crippen molar-refractivity contribution >= 4 is 34.7 Å². The third-order valence-corrected chi connectivity index (χ3v) is 5.80. The van der Waals surface area contributed by atoms with E-state index in [0.29, 0.717) is 12.8 Å². The molecule has 5 rings (SSSR count). The smallest absolute Gasteiger partial charge is 0.387 e. The van der Waals surface area contributed by atoms with Gasteiger partial charge in [0, 0.05) is 35.2 Å². The molecule has 1 saturated carbocycles. The molecule has 0 saturated heterocycles. The maximum absolute atomic E-state index is 13.2. The van der Waals surface area contributed by atoms with Crippen LogP contribution in [0, 0.1) is 0 Å². The monoisotopic (exact) mass is 488 g/mol. The molecule has 0 radical (unpaired) electrons. The summed E-state index contributed by atoms with van der Waals surface area (Å²) in [5, 5.41) is 11.7. The highest BCUT2D eigenvalue weighted by Gasteiger charge is 2.31. The first-order valence-corrected chi connectivity index (χ1v) is 10.7. The fraction of sp³-hybridized carbons (Fsp3) is 0.238. The van der Waals surface area contributed by atoms with E-state index in [1.54, 1.807) is 23.1 Å². The van der Waals surface area contributed by atoms with Gasteiger partial charge in [0.1, 0.15) is 17.0 Å². The van der Waals surface area contributed by atoms with Gasteiger partial charge in [0.05, 0.1) is 11.7 Å². The van der Waals surface area contributed by atoms with Gasteiger partial charge in [-0.1, -0.05) is 11.6 Å². The van der Waals surface area contributed by atoms with Crippen molar-refractivity contribution in [2.24, 2.45) is 5.73 Å². The number of carbonyl (C=O) groups excluding carboxylic acids is 1. The lowest BCUT2D eigenvalue weighted by atomic mass is 9.88. The molecule has 0 unspecified atom stereocenters. The van der Waals surface area contributed by atoms with Crippen molar-refractivity contribution in [1.29, 1.82) is 0 Å². The number of hydrogen-bond donors (Lipinski definition) is 3. The van der Waals surface area contributed by atoms with Gasteiger partial charge in [-0.2, -0.15) is 13.9 Å². The van der Waals surface area contributed by atoms with Crippen molar-refractivity contribution in [2.75, 3.05) is 11.1 Å². The lowest BCUT2D eigenvalue weighted by Gasteiger charge is -2.32. The summed E-state index contributed by atoms with van der Waals surface area (Å²) in [7, 11) is 0. The predicted octanol–water partition coefficient (Wildman–Crippen LogP) is 3.34. The van der Waals surface area contributed by atoms with Crippen LogP contribution in [0.25, 0.3) is 16.9 Å². The Morgan fingerprint density at radius 2 is 2.09 bits per heavy atom. The molecule has 1 aromatic carbocycles. The van der Waals surface area contributed by atoms with Crippen LogP contribution >= 0.6 is 11.6 Å².